The summed E-state index contributed by atoms with van der Waals surface area (Å²) in [6.07, 6.45) is 11.3. The Morgan fingerprint density at radius 1 is 1.09 bits per heavy atom. The van der Waals surface area contributed by atoms with Crippen molar-refractivity contribution in [1.29, 1.82) is 0 Å². The van der Waals surface area contributed by atoms with Crippen molar-refractivity contribution in [3.63, 3.8) is 0 Å². The molecule has 0 bridgehead atoms. The van der Waals surface area contributed by atoms with Crippen LogP contribution in [0.1, 0.15) is 38.8 Å². The highest BCUT2D eigenvalue weighted by Gasteiger charge is 1.92. The van der Waals surface area contributed by atoms with Gasteiger partial charge in [0.05, 0.1) is 0 Å². The average Bonchev–Trinajstić information content (AvgIpc) is 2.51. The summed E-state index contributed by atoms with van der Waals surface area (Å²) in [6, 6.07) is 8.45. The fraction of sp³-hybridized carbons (Fsp3) is 0.238. The fourth-order valence-electron chi connectivity index (χ4n) is 1.36. The van der Waals surface area contributed by atoms with Crippen LogP contribution in [0.2, 0.25) is 0 Å². The van der Waals surface area contributed by atoms with E-state index < -0.39 is 0 Å². The Morgan fingerprint density at radius 2 is 1.61 bits per heavy atom. The van der Waals surface area contributed by atoms with Crippen LogP contribution in [-0.4, -0.2) is 0 Å². The maximum Gasteiger partial charge on any atom is 0.0240 e. The molecular weight excluding hydrogens is 280 g/mol. The summed E-state index contributed by atoms with van der Waals surface area (Å²) < 4.78 is 0. The maximum absolute atomic E-state index is 5.43. The van der Waals surface area contributed by atoms with Gasteiger partial charge in [-0.3, -0.25) is 0 Å². The second-order valence-electron chi connectivity index (χ2n) is 4.41. The molecule has 0 atom stereocenters. The normalized spacial score (nSPS) is 10.0. The van der Waals surface area contributed by atoms with Crippen molar-refractivity contribution in [2.75, 3.05) is 0 Å². The molecule has 1 aromatic carbocycles. The van der Waals surface area contributed by atoms with E-state index in [0.29, 0.717) is 5.70 Å². The van der Waals surface area contributed by atoms with E-state index in [4.69, 9.17) is 5.73 Å². The number of benzene rings is 1. The van der Waals surface area contributed by atoms with Gasteiger partial charge in [0.2, 0.25) is 0 Å². The van der Waals surface area contributed by atoms with Gasteiger partial charge in [-0.1, -0.05) is 87.2 Å². The molecule has 0 aliphatic rings. The Bertz CT molecular complexity index is 503. The van der Waals surface area contributed by atoms with Crippen LogP contribution >= 0.6 is 0 Å². The maximum atomic E-state index is 5.43. The number of hydrogen-bond acceptors (Lipinski definition) is 2. The molecule has 0 aliphatic carbocycles. The first-order chi connectivity index (χ1) is 10.5. The van der Waals surface area contributed by atoms with Crippen molar-refractivity contribution in [1.82, 2.24) is 6.15 Å². The third-order valence-electron chi connectivity index (χ3n) is 2.49. The summed E-state index contributed by atoms with van der Waals surface area (Å²) in [5, 5.41) is 0. The predicted octanol–water partition coefficient (Wildman–Crippen LogP) is 6.36. The predicted molar refractivity (Wildman–Crippen MR) is 109 cm³/mol. The second kappa shape index (κ2) is 17.7. The van der Waals surface area contributed by atoms with E-state index in [1.54, 1.807) is 12.2 Å². The van der Waals surface area contributed by atoms with Crippen LogP contribution in [0, 0.1) is 6.92 Å². The number of nitrogens with two attached hydrogens (primary N) is 1. The van der Waals surface area contributed by atoms with Gasteiger partial charge in [-0.05, 0) is 38.0 Å². The smallest absolute Gasteiger partial charge is 0.0240 e. The molecule has 0 saturated heterocycles. The van der Waals surface area contributed by atoms with Crippen molar-refractivity contribution in [3.8, 4) is 0 Å². The van der Waals surface area contributed by atoms with E-state index in [-0.39, 0.29) is 6.15 Å². The summed E-state index contributed by atoms with van der Waals surface area (Å²) in [7, 11) is 0. The largest absolute Gasteiger partial charge is 0.399 e. The number of hydrogen-bond donors (Lipinski definition) is 2. The van der Waals surface area contributed by atoms with Crippen molar-refractivity contribution < 1.29 is 0 Å². The van der Waals surface area contributed by atoms with E-state index in [1.807, 2.05) is 45.1 Å². The Kier molecular flexibility index (Phi) is 19.8. The molecule has 0 unspecified atom stereocenters. The highest BCUT2D eigenvalue weighted by Crippen LogP contribution is 2.14. The lowest BCUT2D eigenvalue weighted by atomic mass is 10.1. The van der Waals surface area contributed by atoms with Crippen LogP contribution in [0.4, 0.5) is 0 Å². The molecule has 1 rings (SSSR count). The van der Waals surface area contributed by atoms with Crippen molar-refractivity contribution in [2.45, 2.75) is 34.6 Å². The molecule has 1 aromatic rings. The van der Waals surface area contributed by atoms with E-state index in [0.717, 1.165) is 0 Å². The van der Waals surface area contributed by atoms with Crippen molar-refractivity contribution in [3.05, 3.63) is 90.7 Å². The van der Waals surface area contributed by atoms with E-state index >= 15 is 0 Å². The van der Waals surface area contributed by atoms with Gasteiger partial charge in [0.15, 0.2) is 0 Å². The zero-order chi connectivity index (χ0) is 17.4. The average molecular weight is 315 g/mol. The molecule has 0 radical (unpaired) electrons. The second-order valence-corrected chi connectivity index (χ2v) is 4.41. The van der Waals surface area contributed by atoms with Crippen LogP contribution in [0.15, 0.2) is 79.6 Å². The molecule has 23 heavy (non-hydrogen) atoms. The number of aryl methyl sites for hydroxylation is 1. The Labute approximate surface area is 143 Å². The van der Waals surface area contributed by atoms with Gasteiger partial charge >= 0.3 is 0 Å². The van der Waals surface area contributed by atoms with E-state index in [9.17, 15) is 0 Å². The summed E-state index contributed by atoms with van der Waals surface area (Å²) in [5.74, 6) is 0. The molecular formula is C21H34N2. The van der Waals surface area contributed by atoms with Gasteiger partial charge in [-0.25, -0.2) is 0 Å². The van der Waals surface area contributed by atoms with Gasteiger partial charge < -0.3 is 11.9 Å². The zero-order valence-corrected chi connectivity index (χ0v) is 15.5. The quantitative estimate of drug-likeness (QED) is 0.635. The van der Waals surface area contributed by atoms with E-state index in [1.165, 1.54) is 16.7 Å². The van der Waals surface area contributed by atoms with Gasteiger partial charge in [-0.2, -0.15) is 0 Å². The minimum atomic E-state index is 0. The lowest BCUT2D eigenvalue weighted by molar-refractivity contribution is 1.44. The first-order valence-corrected chi connectivity index (χ1v) is 7.61. The molecule has 0 spiro atoms. The molecule has 128 valence electrons. The highest BCUT2D eigenvalue weighted by molar-refractivity contribution is 5.65. The SMILES string of the molecule is C=C(N)/C=C\C=C(/C)c1ccc(C)cc1.C=C/C=C\C.CC.N. The molecule has 0 amide bonds. The molecule has 0 aromatic heterocycles. The third-order valence-corrected chi connectivity index (χ3v) is 2.49. The molecule has 0 heterocycles. The Morgan fingerprint density at radius 3 is 1.96 bits per heavy atom. The Hall–Kier alpha value is -2.32. The molecule has 0 saturated carbocycles. The fourth-order valence-corrected chi connectivity index (χ4v) is 1.36. The summed E-state index contributed by atoms with van der Waals surface area (Å²) in [4.78, 5) is 0. The first-order valence-electron chi connectivity index (χ1n) is 7.61. The monoisotopic (exact) mass is 314 g/mol. The first kappa shape index (κ1) is 25.6. The molecule has 5 N–H and O–H groups in total. The van der Waals surface area contributed by atoms with Crippen LogP contribution in [0.3, 0.4) is 0 Å². The highest BCUT2D eigenvalue weighted by atomic mass is 14.5. The minimum Gasteiger partial charge on any atom is -0.399 e. The molecule has 0 aliphatic heterocycles. The van der Waals surface area contributed by atoms with Gasteiger partial charge in [0.25, 0.3) is 0 Å². The summed E-state index contributed by atoms with van der Waals surface area (Å²) >= 11 is 0. The standard InChI is InChI=1S/C14H17N.C5H8.C2H6.H3N/c1-11-7-9-14(10-8-11)12(2)5-4-6-13(3)15;1-3-5-4-2;1-2;/h4-10H,3,15H2,1-2H3;3-5H,1H2,2H3;1-2H3;1H3/b6-4-,12-5+;5-4-;;. The molecule has 2 nitrogen and oxygen atoms in total. The van der Waals surface area contributed by atoms with Crippen LogP contribution < -0.4 is 11.9 Å². The number of allylic oxidation sites excluding steroid dienone is 7. The van der Waals surface area contributed by atoms with Crippen LogP contribution in [-0.2, 0) is 0 Å². The lowest BCUT2D eigenvalue weighted by Crippen LogP contribution is -1.87. The zero-order valence-electron chi connectivity index (χ0n) is 15.5. The third kappa shape index (κ3) is 15.9. The summed E-state index contributed by atoms with van der Waals surface area (Å²) in [6.45, 7) is 17.2. The lowest BCUT2D eigenvalue weighted by Gasteiger charge is -2.00. The van der Waals surface area contributed by atoms with E-state index in [2.05, 4.69) is 51.3 Å². The van der Waals surface area contributed by atoms with Crippen molar-refractivity contribution >= 4 is 5.57 Å². The number of rotatable bonds is 4. The molecule has 2 heteroatoms. The van der Waals surface area contributed by atoms with Crippen molar-refractivity contribution in [2.24, 2.45) is 5.73 Å². The topological polar surface area (TPSA) is 61.0 Å². The van der Waals surface area contributed by atoms with Crippen LogP contribution in [0.25, 0.3) is 5.57 Å². The van der Waals surface area contributed by atoms with Crippen LogP contribution in [0.5, 0.6) is 0 Å². The van der Waals surface area contributed by atoms with Gasteiger partial charge in [-0.15, -0.1) is 0 Å². The van der Waals surface area contributed by atoms with Gasteiger partial charge in [0, 0.05) is 5.70 Å². The van der Waals surface area contributed by atoms with Gasteiger partial charge in [0.1, 0.15) is 0 Å². The Balaban J connectivity index is -0.000000429. The molecule has 0 fully saturated rings. The minimum absolute atomic E-state index is 0. The summed E-state index contributed by atoms with van der Waals surface area (Å²) in [5.41, 5.74) is 9.72.